The maximum Gasteiger partial charge on any atom is 0.222 e. The van der Waals surface area contributed by atoms with Crippen LogP contribution < -0.4 is 0 Å². The van der Waals surface area contributed by atoms with Gasteiger partial charge in [-0.15, -0.1) is 0 Å². The molecule has 0 aliphatic carbocycles. The monoisotopic (exact) mass is 260 g/mol. The fourth-order valence-electron chi connectivity index (χ4n) is 2.53. The summed E-state index contributed by atoms with van der Waals surface area (Å²) in [7, 11) is 0. The average Bonchev–Trinajstić information content (AvgIpc) is 2.92. The van der Waals surface area contributed by atoms with Gasteiger partial charge in [-0.3, -0.25) is 9.48 Å². The summed E-state index contributed by atoms with van der Waals surface area (Å²) in [5, 5.41) is 13.3. The summed E-state index contributed by atoms with van der Waals surface area (Å²) >= 11 is 0. The number of nitrogens with zero attached hydrogens (tertiary/aromatic N) is 4. The summed E-state index contributed by atoms with van der Waals surface area (Å²) in [6.07, 6.45) is 6.78. The van der Waals surface area contributed by atoms with Crippen molar-refractivity contribution in [3.8, 4) is 6.07 Å². The predicted octanol–water partition coefficient (Wildman–Crippen LogP) is 1.82. The van der Waals surface area contributed by atoms with Crippen LogP contribution in [-0.2, 0) is 11.3 Å². The summed E-state index contributed by atoms with van der Waals surface area (Å²) in [4.78, 5) is 14.0. The van der Waals surface area contributed by atoms with Gasteiger partial charge in [-0.1, -0.05) is 0 Å². The Morgan fingerprint density at radius 3 is 3.11 bits per heavy atom. The van der Waals surface area contributed by atoms with E-state index in [-0.39, 0.29) is 11.3 Å². The van der Waals surface area contributed by atoms with Crippen LogP contribution in [0.25, 0.3) is 0 Å². The highest BCUT2D eigenvalue weighted by atomic mass is 16.2. The van der Waals surface area contributed by atoms with Crippen LogP contribution in [0.15, 0.2) is 18.5 Å². The molecule has 0 aromatic carbocycles. The number of nitriles is 1. The van der Waals surface area contributed by atoms with Crippen molar-refractivity contribution in [1.29, 1.82) is 5.26 Å². The average molecular weight is 260 g/mol. The summed E-state index contributed by atoms with van der Waals surface area (Å²) < 4.78 is 1.84. The standard InChI is InChI=1S/C14H20N4O/c1-14(11-15)6-3-8-17(12-14)13(19)5-2-9-18-10-4-7-16-18/h4,7,10H,2-3,5-6,8-9,12H2,1H3/t14-/m0/s1. The number of hydrogen-bond donors (Lipinski definition) is 0. The van der Waals surface area contributed by atoms with Gasteiger partial charge in [0.05, 0.1) is 11.5 Å². The highest BCUT2D eigenvalue weighted by Crippen LogP contribution is 2.28. The van der Waals surface area contributed by atoms with Crippen LogP contribution in [0, 0.1) is 16.7 Å². The van der Waals surface area contributed by atoms with Gasteiger partial charge in [-0.25, -0.2) is 0 Å². The van der Waals surface area contributed by atoms with Crippen LogP contribution in [0.3, 0.4) is 0 Å². The molecule has 0 radical (unpaired) electrons. The van der Waals surface area contributed by atoms with E-state index in [9.17, 15) is 4.79 Å². The van der Waals surface area contributed by atoms with Crippen molar-refractivity contribution in [2.24, 2.45) is 5.41 Å². The van der Waals surface area contributed by atoms with E-state index in [1.54, 1.807) is 6.20 Å². The summed E-state index contributed by atoms with van der Waals surface area (Å²) in [6, 6.07) is 4.22. The van der Waals surface area contributed by atoms with Gasteiger partial charge >= 0.3 is 0 Å². The molecule has 1 aromatic heterocycles. The quantitative estimate of drug-likeness (QED) is 0.829. The van der Waals surface area contributed by atoms with Crippen molar-refractivity contribution in [3.63, 3.8) is 0 Å². The number of carbonyl (C=O) groups excluding carboxylic acids is 1. The second-order valence-electron chi connectivity index (χ2n) is 5.46. The fourth-order valence-corrected chi connectivity index (χ4v) is 2.53. The van der Waals surface area contributed by atoms with Crippen molar-refractivity contribution < 1.29 is 4.79 Å². The smallest absolute Gasteiger partial charge is 0.222 e. The number of likely N-dealkylation sites (tertiary alicyclic amines) is 1. The Kier molecular flexibility index (Phi) is 4.20. The van der Waals surface area contributed by atoms with E-state index < -0.39 is 0 Å². The highest BCUT2D eigenvalue weighted by molar-refractivity contribution is 5.76. The normalized spacial score (nSPS) is 23.1. The molecular formula is C14H20N4O. The van der Waals surface area contributed by atoms with Crippen molar-refractivity contribution in [2.45, 2.75) is 39.2 Å². The first-order valence-electron chi connectivity index (χ1n) is 6.79. The Morgan fingerprint density at radius 2 is 2.42 bits per heavy atom. The molecule has 2 heterocycles. The van der Waals surface area contributed by atoms with Gasteiger partial charge in [0.15, 0.2) is 0 Å². The van der Waals surface area contributed by atoms with Gasteiger partial charge < -0.3 is 4.90 Å². The van der Waals surface area contributed by atoms with Crippen LogP contribution in [0.5, 0.6) is 0 Å². The van der Waals surface area contributed by atoms with E-state index in [1.165, 1.54) is 0 Å². The van der Waals surface area contributed by atoms with Crippen LogP contribution >= 0.6 is 0 Å². The Balaban J connectivity index is 1.78. The largest absolute Gasteiger partial charge is 0.341 e. The highest BCUT2D eigenvalue weighted by Gasteiger charge is 2.32. The topological polar surface area (TPSA) is 61.9 Å². The Labute approximate surface area is 113 Å². The number of aryl methyl sites for hydroxylation is 1. The SMILES string of the molecule is C[C@@]1(C#N)CCCN(C(=O)CCCn2cccn2)C1. The zero-order valence-corrected chi connectivity index (χ0v) is 11.4. The Morgan fingerprint density at radius 1 is 1.58 bits per heavy atom. The summed E-state index contributed by atoms with van der Waals surface area (Å²) in [5.74, 6) is 0.160. The number of amides is 1. The Bertz CT molecular complexity index is 462. The molecule has 5 nitrogen and oxygen atoms in total. The van der Waals surface area contributed by atoms with Crippen molar-refractivity contribution >= 4 is 5.91 Å². The molecule has 2 rings (SSSR count). The van der Waals surface area contributed by atoms with Gasteiger partial charge in [-0.2, -0.15) is 10.4 Å². The molecule has 0 bridgehead atoms. The van der Waals surface area contributed by atoms with Gasteiger partial charge in [0.25, 0.3) is 0 Å². The molecule has 102 valence electrons. The van der Waals surface area contributed by atoms with Crippen LogP contribution in [0.2, 0.25) is 0 Å². The van der Waals surface area contributed by atoms with E-state index in [0.717, 1.165) is 32.4 Å². The summed E-state index contributed by atoms with van der Waals surface area (Å²) in [5.41, 5.74) is -0.365. The number of carbonyl (C=O) groups is 1. The zero-order chi connectivity index (χ0) is 13.7. The van der Waals surface area contributed by atoms with Gasteiger partial charge in [0, 0.05) is 38.4 Å². The molecule has 1 saturated heterocycles. The van der Waals surface area contributed by atoms with Crippen molar-refractivity contribution in [2.75, 3.05) is 13.1 Å². The minimum Gasteiger partial charge on any atom is -0.341 e. The molecule has 1 aromatic rings. The van der Waals surface area contributed by atoms with E-state index in [4.69, 9.17) is 5.26 Å². The lowest BCUT2D eigenvalue weighted by Gasteiger charge is -2.36. The molecule has 1 aliphatic rings. The number of aromatic nitrogens is 2. The van der Waals surface area contributed by atoms with Crippen LogP contribution in [0.1, 0.15) is 32.6 Å². The first-order chi connectivity index (χ1) is 9.13. The van der Waals surface area contributed by atoms with E-state index in [2.05, 4.69) is 11.2 Å². The molecule has 0 spiro atoms. The lowest BCUT2D eigenvalue weighted by atomic mass is 9.83. The predicted molar refractivity (Wildman–Crippen MR) is 71.0 cm³/mol. The minimum absolute atomic E-state index is 0.160. The van der Waals surface area contributed by atoms with Gasteiger partial charge in [0.2, 0.25) is 5.91 Å². The van der Waals surface area contributed by atoms with Crippen molar-refractivity contribution in [1.82, 2.24) is 14.7 Å². The lowest BCUT2D eigenvalue weighted by Crippen LogP contribution is -2.44. The maximum atomic E-state index is 12.1. The van der Waals surface area contributed by atoms with E-state index in [0.29, 0.717) is 13.0 Å². The third-order valence-corrected chi connectivity index (χ3v) is 3.66. The Hall–Kier alpha value is -1.83. The zero-order valence-electron chi connectivity index (χ0n) is 11.4. The minimum atomic E-state index is -0.365. The summed E-state index contributed by atoms with van der Waals surface area (Å²) in [6.45, 7) is 4.07. The van der Waals surface area contributed by atoms with E-state index >= 15 is 0 Å². The molecule has 0 saturated carbocycles. The molecule has 19 heavy (non-hydrogen) atoms. The molecular weight excluding hydrogens is 240 g/mol. The number of rotatable bonds is 4. The van der Waals surface area contributed by atoms with Gasteiger partial charge in [-0.05, 0) is 32.3 Å². The first kappa shape index (κ1) is 13.6. The third-order valence-electron chi connectivity index (χ3n) is 3.66. The third kappa shape index (κ3) is 3.57. The van der Waals surface area contributed by atoms with E-state index in [1.807, 2.05) is 28.8 Å². The number of hydrogen-bond acceptors (Lipinski definition) is 3. The second kappa shape index (κ2) is 5.87. The maximum absolute atomic E-state index is 12.1. The lowest BCUT2D eigenvalue weighted by molar-refractivity contribution is -0.133. The molecule has 1 amide bonds. The van der Waals surface area contributed by atoms with Crippen molar-refractivity contribution in [3.05, 3.63) is 18.5 Å². The van der Waals surface area contributed by atoms with Crippen LogP contribution in [0.4, 0.5) is 0 Å². The molecule has 0 unspecified atom stereocenters. The second-order valence-corrected chi connectivity index (χ2v) is 5.46. The molecule has 0 N–H and O–H groups in total. The molecule has 5 heteroatoms. The number of piperidine rings is 1. The fraction of sp³-hybridized carbons (Fsp3) is 0.643. The first-order valence-corrected chi connectivity index (χ1v) is 6.79. The van der Waals surface area contributed by atoms with Gasteiger partial charge in [0.1, 0.15) is 0 Å². The van der Waals surface area contributed by atoms with Crippen LogP contribution in [-0.4, -0.2) is 33.7 Å². The molecule has 1 atom stereocenters. The molecule has 1 fully saturated rings. The molecule has 1 aliphatic heterocycles.